The Labute approximate surface area is 106 Å². The fourth-order valence-electron chi connectivity index (χ4n) is 2.35. The van der Waals surface area contributed by atoms with Gasteiger partial charge in [0, 0.05) is 24.7 Å². The molecule has 0 amide bonds. The molecule has 0 spiro atoms. The van der Waals surface area contributed by atoms with Crippen LogP contribution in [0.4, 0.5) is 4.39 Å². The predicted octanol–water partition coefficient (Wildman–Crippen LogP) is 2.68. The van der Waals surface area contributed by atoms with Crippen LogP contribution in [0.3, 0.4) is 0 Å². The molecule has 1 aromatic carbocycles. The van der Waals surface area contributed by atoms with Crippen LogP contribution in [0.15, 0.2) is 18.2 Å². The Morgan fingerprint density at radius 1 is 1.47 bits per heavy atom. The van der Waals surface area contributed by atoms with Crippen molar-refractivity contribution in [1.29, 1.82) is 0 Å². The molecule has 0 saturated carbocycles. The highest BCUT2D eigenvalue weighted by Crippen LogP contribution is 2.22. The molecule has 4 heteroatoms. The second kappa shape index (κ2) is 5.80. The number of piperidine rings is 1. The highest BCUT2D eigenvalue weighted by Gasteiger charge is 2.19. The summed E-state index contributed by atoms with van der Waals surface area (Å²) in [4.78, 5) is 2.23. The normalized spacial score (nSPS) is 21.7. The maximum atomic E-state index is 13.1. The minimum absolute atomic E-state index is 0.230. The summed E-state index contributed by atoms with van der Waals surface area (Å²) < 4.78 is 13.1. The summed E-state index contributed by atoms with van der Waals surface area (Å²) in [6.07, 6.45) is 2.15. The molecule has 1 unspecified atom stereocenters. The summed E-state index contributed by atoms with van der Waals surface area (Å²) in [5.74, 6) is 0.0937. The Kier molecular flexibility index (Phi) is 4.37. The lowest BCUT2D eigenvalue weighted by atomic mass is 9.98. The van der Waals surface area contributed by atoms with Gasteiger partial charge in [0.2, 0.25) is 0 Å². The van der Waals surface area contributed by atoms with Gasteiger partial charge in [0.1, 0.15) is 5.82 Å². The summed E-state index contributed by atoms with van der Waals surface area (Å²) >= 11 is 6.04. The predicted molar refractivity (Wildman–Crippen MR) is 66.5 cm³/mol. The second-order valence-electron chi connectivity index (χ2n) is 4.66. The lowest BCUT2D eigenvalue weighted by Crippen LogP contribution is -2.36. The standard InChI is InChI=1S/C13H17ClFNO/c14-13-4-3-12(15)6-11(13)8-16-5-1-2-10(7-16)9-17/h3-4,6,10,17H,1-2,5,7-9H2. The van der Waals surface area contributed by atoms with E-state index >= 15 is 0 Å². The first kappa shape index (κ1) is 12.8. The van der Waals surface area contributed by atoms with Gasteiger partial charge < -0.3 is 5.11 Å². The van der Waals surface area contributed by atoms with E-state index in [1.54, 1.807) is 6.07 Å². The van der Waals surface area contributed by atoms with E-state index < -0.39 is 0 Å². The van der Waals surface area contributed by atoms with Crippen LogP contribution in [0.2, 0.25) is 5.02 Å². The number of aliphatic hydroxyl groups excluding tert-OH is 1. The van der Waals surface area contributed by atoms with E-state index in [2.05, 4.69) is 4.90 Å². The number of aliphatic hydroxyl groups is 1. The summed E-state index contributed by atoms with van der Waals surface area (Å²) in [6.45, 7) is 2.74. The Morgan fingerprint density at radius 2 is 2.29 bits per heavy atom. The van der Waals surface area contributed by atoms with Crippen LogP contribution in [0, 0.1) is 11.7 Å². The molecule has 2 nitrogen and oxygen atoms in total. The van der Waals surface area contributed by atoms with Crippen LogP contribution in [-0.4, -0.2) is 29.7 Å². The molecule has 1 aliphatic heterocycles. The van der Waals surface area contributed by atoms with E-state index in [4.69, 9.17) is 16.7 Å². The number of nitrogens with zero attached hydrogens (tertiary/aromatic N) is 1. The van der Waals surface area contributed by atoms with Gasteiger partial charge in [-0.2, -0.15) is 0 Å². The first-order valence-corrected chi connectivity index (χ1v) is 6.34. The minimum atomic E-state index is -0.250. The number of hydrogen-bond acceptors (Lipinski definition) is 2. The lowest BCUT2D eigenvalue weighted by Gasteiger charge is -2.31. The van der Waals surface area contributed by atoms with Crippen LogP contribution in [0.5, 0.6) is 0 Å². The van der Waals surface area contributed by atoms with Crippen LogP contribution in [0.25, 0.3) is 0 Å². The third-order valence-corrected chi connectivity index (χ3v) is 3.63. The molecule has 1 atom stereocenters. The molecular formula is C13H17ClFNO. The highest BCUT2D eigenvalue weighted by atomic mass is 35.5. The van der Waals surface area contributed by atoms with Crippen LogP contribution >= 0.6 is 11.6 Å². The fraction of sp³-hybridized carbons (Fsp3) is 0.538. The SMILES string of the molecule is OCC1CCCN(Cc2cc(F)ccc2Cl)C1. The number of hydrogen-bond donors (Lipinski definition) is 1. The third kappa shape index (κ3) is 3.41. The number of likely N-dealkylation sites (tertiary alicyclic amines) is 1. The molecular weight excluding hydrogens is 241 g/mol. The smallest absolute Gasteiger partial charge is 0.123 e. The molecule has 1 N–H and O–H groups in total. The molecule has 94 valence electrons. The van der Waals surface area contributed by atoms with Gasteiger partial charge in [-0.05, 0) is 49.1 Å². The van der Waals surface area contributed by atoms with Crippen molar-refractivity contribution in [3.8, 4) is 0 Å². The average molecular weight is 258 g/mol. The zero-order valence-corrected chi connectivity index (χ0v) is 10.5. The third-order valence-electron chi connectivity index (χ3n) is 3.26. The van der Waals surface area contributed by atoms with Gasteiger partial charge in [-0.25, -0.2) is 4.39 Å². The topological polar surface area (TPSA) is 23.5 Å². The van der Waals surface area contributed by atoms with Gasteiger partial charge in [-0.1, -0.05) is 11.6 Å². The molecule has 0 radical (unpaired) electrons. The molecule has 1 aromatic rings. The van der Waals surface area contributed by atoms with Crippen LogP contribution < -0.4 is 0 Å². The Hall–Kier alpha value is -0.640. The molecule has 0 aromatic heterocycles. The monoisotopic (exact) mass is 257 g/mol. The van der Waals surface area contributed by atoms with Crippen LogP contribution in [0.1, 0.15) is 18.4 Å². The maximum absolute atomic E-state index is 13.1. The number of benzene rings is 1. The van der Waals surface area contributed by atoms with E-state index in [1.807, 2.05) is 0 Å². The average Bonchev–Trinajstić information content (AvgIpc) is 2.34. The van der Waals surface area contributed by atoms with Crippen molar-refractivity contribution < 1.29 is 9.50 Å². The molecule has 1 fully saturated rings. The van der Waals surface area contributed by atoms with Gasteiger partial charge in [0.05, 0.1) is 0 Å². The molecule has 2 rings (SSSR count). The summed E-state index contributed by atoms with van der Waals surface area (Å²) in [5.41, 5.74) is 0.824. The van der Waals surface area contributed by atoms with E-state index in [-0.39, 0.29) is 12.4 Å². The van der Waals surface area contributed by atoms with E-state index in [9.17, 15) is 4.39 Å². The molecule has 17 heavy (non-hydrogen) atoms. The van der Waals surface area contributed by atoms with E-state index in [1.165, 1.54) is 12.1 Å². The van der Waals surface area contributed by atoms with Crippen molar-refractivity contribution >= 4 is 11.6 Å². The quantitative estimate of drug-likeness (QED) is 0.900. The first-order valence-electron chi connectivity index (χ1n) is 5.96. The van der Waals surface area contributed by atoms with Crippen molar-refractivity contribution in [3.05, 3.63) is 34.6 Å². The first-order chi connectivity index (χ1) is 8.19. The van der Waals surface area contributed by atoms with Crippen molar-refractivity contribution in [3.63, 3.8) is 0 Å². The number of halogens is 2. The summed E-state index contributed by atoms with van der Waals surface area (Å²) in [7, 11) is 0. The van der Waals surface area contributed by atoms with Crippen molar-refractivity contribution in [2.45, 2.75) is 19.4 Å². The maximum Gasteiger partial charge on any atom is 0.123 e. The minimum Gasteiger partial charge on any atom is -0.396 e. The van der Waals surface area contributed by atoms with Gasteiger partial charge in [0.15, 0.2) is 0 Å². The summed E-state index contributed by atoms with van der Waals surface area (Å²) in [5, 5.41) is 9.77. The van der Waals surface area contributed by atoms with Gasteiger partial charge >= 0.3 is 0 Å². The van der Waals surface area contributed by atoms with E-state index in [0.29, 0.717) is 17.5 Å². The number of rotatable bonds is 3. The second-order valence-corrected chi connectivity index (χ2v) is 5.07. The van der Waals surface area contributed by atoms with Gasteiger partial charge in [0.25, 0.3) is 0 Å². The molecule has 1 aliphatic rings. The zero-order valence-electron chi connectivity index (χ0n) is 9.70. The zero-order chi connectivity index (χ0) is 12.3. The molecule has 0 aliphatic carbocycles. The lowest BCUT2D eigenvalue weighted by molar-refractivity contribution is 0.116. The molecule has 1 heterocycles. The van der Waals surface area contributed by atoms with Crippen molar-refractivity contribution in [2.75, 3.05) is 19.7 Å². The molecule has 1 saturated heterocycles. The van der Waals surface area contributed by atoms with Crippen molar-refractivity contribution in [1.82, 2.24) is 4.90 Å². The van der Waals surface area contributed by atoms with E-state index in [0.717, 1.165) is 31.5 Å². The largest absolute Gasteiger partial charge is 0.396 e. The van der Waals surface area contributed by atoms with Crippen LogP contribution in [-0.2, 0) is 6.54 Å². The summed E-state index contributed by atoms with van der Waals surface area (Å²) in [6, 6.07) is 4.46. The fourth-order valence-corrected chi connectivity index (χ4v) is 2.53. The Balaban J connectivity index is 2.02. The van der Waals surface area contributed by atoms with Crippen molar-refractivity contribution in [2.24, 2.45) is 5.92 Å². The van der Waals surface area contributed by atoms with Gasteiger partial charge in [-0.15, -0.1) is 0 Å². The highest BCUT2D eigenvalue weighted by molar-refractivity contribution is 6.31. The molecule has 0 bridgehead atoms. The Bertz CT molecular complexity index is 386. The van der Waals surface area contributed by atoms with Gasteiger partial charge in [-0.3, -0.25) is 4.90 Å². The Morgan fingerprint density at radius 3 is 3.06 bits per heavy atom.